The van der Waals surface area contributed by atoms with Crippen LogP contribution < -0.4 is 10.6 Å². The van der Waals surface area contributed by atoms with Crippen LogP contribution in [0, 0.1) is 11.3 Å². The van der Waals surface area contributed by atoms with Gasteiger partial charge in [-0.05, 0) is 49.4 Å². The molecule has 6 heteroatoms. The van der Waals surface area contributed by atoms with Gasteiger partial charge in [0.25, 0.3) is 0 Å². The number of hydrogen-bond acceptors (Lipinski definition) is 4. The lowest BCUT2D eigenvalue weighted by molar-refractivity contribution is -0.118. The number of rotatable bonds is 4. The van der Waals surface area contributed by atoms with Crippen LogP contribution in [-0.2, 0) is 4.79 Å². The van der Waals surface area contributed by atoms with Crippen LogP contribution in [0.1, 0.15) is 30.5 Å². The largest absolute Gasteiger partial charge is 0.317 e. The number of nitrogens with one attached hydrogen (secondary N) is 2. The number of hydrogen-bond donors (Lipinski definition) is 2. The van der Waals surface area contributed by atoms with E-state index in [4.69, 9.17) is 0 Å². The van der Waals surface area contributed by atoms with Gasteiger partial charge in [-0.15, -0.1) is 23.7 Å². The molecule has 1 unspecified atom stereocenters. The maximum Gasteiger partial charge on any atom is 0.229 e. The maximum atomic E-state index is 12.5. The van der Waals surface area contributed by atoms with Gasteiger partial charge in [-0.1, -0.05) is 36.4 Å². The molecule has 0 bridgehead atoms. The third-order valence-electron chi connectivity index (χ3n) is 5.10. The van der Waals surface area contributed by atoms with Gasteiger partial charge in [0.2, 0.25) is 5.91 Å². The predicted molar refractivity (Wildman–Crippen MR) is 106 cm³/mol. The summed E-state index contributed by atoms with van der Waals surface area (Å²) < 4.78 is 0. The minimum Gasteiger partial charge on any atom is -0.317 e. The summed E-state index contributed by atoms with van der Waals surface area (Å²) in [5, 5.41) is 9.05. The highest BCUT2D eigenvalue weighted by Gasteiger charge is 2.57. The fourth-order valence-corrected chi connectivity index (χ4v) is 4.24. The molecule has 1 aliphatic heterocycles. The highest BCUT2D eigenvalue weighted by Crippen LogP contribution is 2.58. The number of piperidine rings is 1. The fraction of sp³-hybridized carbons (Fsp3) is 0.368. The Morgan fingerprint density at radius 3 is 2.76 bits per heavy atom. The highest BCUT2D eigenvalue weighted by molar-refractivity contribution is 7.14. The van der Waals surface area contributed by atoms with Crippen LogP contribution in [0.3, 0.4) is 0 Å². The predicted octanol–water partition coefficient (Wildman–Crippen LogP) is 4.06. The molecule has 1 saturated carbocycles. The Morgan fingerprint density at radius 1 is 1.24 bits per heavy atom. The van der Waals surface area contributed by atoms with Crippen molar-refractivity contribution < 1.29 is 4.79 Å². The molecule has 132 valence electrons. The van der Waals surface area contributed by atoms with Crippen molar-refractivity contribution in [1.29, 1.82) is 0 Å². The molecule has 4 rings (SSSR count). The number of benzene rings is 1. The van der Waals surface area contributed by atoms with Crippen molar-refractivity contribution >= 4 is 46.9 Å². The second-order valence-corrected chi connectivity index (χ2v) is 7.54. The molecule has 1 saturated heterocycles. The molecule has 2 aliphatic rings. The second kappa shape index (κ2) is 7.68. The van der Waals surface area contributed by atoms with Crippen molar-refractivity contribution in [3.05, 3.63) is 47.0 Å². The average molecular weight is 376 g/mol. The topological polar surface area (TPSA) is 54.0 Å². The van der Waals surface area contributed by atoms with E-state index in [-0.39, 0.29) is 29.6 Å². The molecular weight excluding hydrogens is 354 g/mol. The minimum absolute atomic E-state index is 0. The van der Waals surface area contributed by atoms with Gasteiger partial charge in [-0.25, -0.2) is 4.98 Å². The first-order valence-corrected chi connectivity index (χ1v) is 9.33. The quantitative estimate of drug-likeness (QED) is 0.847. The fourth-order valence-electron chi connectivity index (χ4n) is 3.55. The zero-order chi connectivity index (χ0) is 16.4. The van der Waals surface area contributed by atoms with Gasteiger partial charge in [0, 0.05) is 11.3 Å². The summed E-state index contributed by atoms with van der Waals surface area (Å²) in [5.74, 6) is 0.316. The Balaban J connectivity index is 0.00000182. The molecule has 1 spiro atoms. The van der Waals surface area contributed by atoms with Crippen molar-refractivity contribution in [3.63, 3.8) is 0 Å². The molecule has 25 heavy (non-hydrogen) atoms. The summed E-state index contributed by atoms with van der Waals surface area (Å²) in [4.78, 5) is 17.0. The van der Waals surface area contributed by atoms with E-state index in [9.17, 15) is 4.79 Å². The van der Waals surface area contributed by atoms with Crippen LogP contribution in [0.2, 0.25) is 0 Å². The Morgan fingerprint density at radius 2 is 2.00 bits per heavy atom. The smallest absolute Gasteiger partial charge is 0.229 e. The van der Waals surface area contributed by atoms with Crippen molar-refractivity contribution in [3.8, 4) is 0 Å². The van der Waals surface area contributed by atoms with E-state index in [0.29, 0.717) is 5.13 Å². The summed E-state index contributed by atoms with van der Waals surface area (Å²) in [7, 11) is 0. The first kappa shape index (κ1) is 18.1. The van der Waals surface area contributed by atoms with Crippen molar-refractivity contribution in [1.82, 2.24) is 10.3 Å². The first-order chi connectivity index (χ1) is 11.8. The van der Waals surface area contributed by atoms with E-state index < -0.39 is 0 Å². The summed E-state index contributed by atoms with van der Waals surface area (Å²) in [6.45, 7) is 2.07. The van der Waals surface area contributed by atoms with Gasteiger partial charge in [0.15, 0.2) is 5.13 Å². The van der Waals surface area contributed by atoms with E-state index in [1.54, 1.807) is 0 Å². The number of amides is 1. The van der Waals surface area contributed by atoms with Crippen LogP contribution in [-0.4, -0.2) is 24.0 Å². The van der Waals surface area contributed by atoms with Crippen LogP contribution in [0.25, 0.3) is 12.2 Å². The number of carbonyl (C=O) groups is 1. The minimum atomic E-state index is 0. The van der Waals surface area contributed by atoms with E-state index >= 15 is 0 Å². The molecule has 2 N–H and O–H groups in total. The van der Waals surface area contributed by atoms with Gasteiger partial charge in [0.1, 0.15) is 0 Å². The van der Waals surface area contributed by atoms with Gasteiger partial charge in [0.05, 0.1) is 5.69 Å². The Labute approximate surface area is 158 Å². The summed E-state index contributed by atoms with van der Waals surface area (Å²) in [6.07, 6.45) is 7.28. The maximum absolute atomic E-state index is 12.5. The number of thiazole rings is 1. The van der Waals surface area contributed by atoms with Gasteiger partial charge < -0.3 is 10.6 Å². The Kier molecular flexibility index (Phi) is 5.57. The molecule has 1 aromatic heterocycles. The molecule has 2 aromatic rings. The summed E-state index contributed by atoms with van der Waals surface area (Å²) >= 11 is 1.49. The average Bonchev–Trinajstić information content (AvgIpc) is 3.12. The van der Waals surface area contributed by atoms with Gasteiger partial charge in [-0.3, -0.25) is 4.79 Å². The van der Waals surface area contributed by atoms with Crippen molar-refractivity contribution in [2.24, 2.45) is 11.3 Å². The second-order valence-electron chi connectivity index (χ2n) is 6.68. The van der Waals surface area contributed by atoms with Gasteiger partial charge >= 0.3 is 0 Å². The Bertz CT molecular complexity index is 753. The molecular formula is C19H22ClN3OS. The molecule has 1 aliphatic carbocycles. The SMILES string of the molecule is Cl.O=C(Nc1nc(/C=C/c2ccccc2)cs1)C1CC12CCNCC2. The van der Waals surface area contributed by atoms with E-state index in [0.717, 1.165) is 43.6 Å². The van der Waals surface area contributed by atoms with Crippen LogP contribution in [0.5, 0.6) is 0 Å². The van der Waals surface area contributed by atoms with E-state index in [1.807, 2.05) is 35.7 Å². The molecule has 4 nitrogen and oxygen atoms in total. The molecule has 0 radical (unpaired) electrons. The molecule has 1 amide bonds. The summed E-state index contributed by atoms with van der Waals surface area (Å²) in [6, 6.07) is 10.1. The van der Waals surface area contributed by atoms with Crippen LogP contribution >= 0.6 is 23.7 Å². The number of nitrogens with zero attached hydrogens (tertiary/aromatic N) is 1. The summed E-state index contributed by atoms with van der Waals surface area (Å²) in [5.41, 5.74) is 2.29. The third-order valence-corrected chi connectivity index (χ3v) is 5.88. The number of carbonyl (C=O) groups excluding carboxylic acids is 1. The van der Waals surface area contributed by atoms with Crippen LogP contribution in [0.4, 0.5) is 5.13 Å². The third kappa shape index (κ3) is 4.11. The zero-order valence-electron chi connectivity index (χ0n) is 13.9. The van der Waals surface area contributed by atoms with Crippen LogP contribution in [0.15, 0.2) is 35.7 Å². The molecule has 2 fully saturated rings. The Hall–Kier alpha value is -1.69. The standard InChI is InChI=1S/C19H21N3OS.ClH/c23-17(16-12-19(16)8-10-20-11-9-19)22-18-21-15(13-24-18)7-6-14-4-2-1-3-5-14;/h1-7,13,16,20H,8-12H2,(H,21,22,23);1H/b7-6+;. The lowest BCUT2D eigenvalue weighted by Gasteiger charge is -2.22. The highest BCUT2D eigenvalue weighted by atomic mass is 35.5. The molecule has 1 atom stereocenters. The van der Waals surface area contributed by atoms with Gasteiger partial charge in [-0.2, -0.15) is 0 Å². The molecule has 1 aromatic carbocycles. The number of anilines is 1. The monoisotopic (exact) mass is 375 g/mol. The zero-order valence-corrected chi connectivity index (χ0v) is 15.5. The number of aromatic nitrogens is 1. The van der Waals surface area contributed by atoms with Crippen molar-refractivity contribution in [2.75, 3.05) is 18.4 Å². The number of halogens is 1. The van der Waals surface area contributed by atoms with Crippen molar-refractivity contribution in [2.45, 2.75) is 19.3 Å². The normalized spacial score (nSPS) is 21.0. The first-order valence-electron chi connectivity index (χ1n) is 8.45. The molecule has 2 heterocycles. The van der Waals surface area contributed by atoms with E-state index in [1.165, 1.54) is 11.3 Å². The lowest BCUT2D eigenvalue weighted by atomic mass is 9.92. The van der Waals surface area contributed by atoms with E-state index in [2.05, 4.69) is 27.8 Å². The lowest BCUT2D eigenvalue weighted by Crippen LogP contribution is -2.31.